The second-order valence-corrected chi connectivity index (χ2v) is 7.40. The first-order valence-electron chi connectivity index (χ1n) is 8.21. The number of thiocarbonyl (C=S) groups is 1. The number of hydrogen-bond donors (Lipinski definition) is 2. The van der Waals surface area contributed by atoms with Gasteiger partial charge in [-0.25, -0.2) is 0 Å². The van der Waals surface area contributed by atoms with Crippen LogP contribution in [0.3, 0.4) is 0 Å². The number of allylic oxidation sites excluding steroid dienone is 1. The molecule has 1 aliphatic heterocycles. The first-order valence-corrected chi connectivity index (χ1v) is 9.41. The summed E-state index contributed by atoms with van der Waals surface area (Å²) in [4.78, 5) is 12.2. The van der Waals surface area contributed by atoms with Crippen LogP contribution in [-0.4, -0.2) is 10.9 Å². The summed E-state index contributed by atoms with van der Waals surface area (Å²) in [5, 5.41) is 6.72. The molecule has 0 radical (unpaired) electrons. The Bertz CT molecular complexity index is 878. The van der Waals surface area contributed by atoms with Crippen LogP contribution in [0.2, 0.25) is 0 Å². The Kier molecular flexibility index (Phi) is 5.74. The molecule has 0 spiro atoms. The van der Waals surface area contributed by atoms with E-state index in [0.29, 0.717) is 17.3 Å². The van der Waals surface area contributed by atoms with Crippen LogP contribution >= 0.6 is 28.1 Å². The van der Waals surface area contributed by atoms with Crippen molar-refractivity contribution >= 4 is 39.0 Å². The van der Waals surface area contributed by atoms with Gasteiger partial charge in [-0.1, -0.05) is 46.3 Å². The number of carbonyl (C=O) groups is 1. The van der Waals surface area contributed by atoms with Crippen molar-refractivity contribution in [2.45, 2.75) is 26.5 Å². The lowest BCUT2D eigenvalue weighted by Gasteiger charge is -2.30. The van der Waals surface area contributed by atoms with Gasteiger partial charge in [0.05, 0.1) is 6.04 Å². The number of para-hydroxylation sites is 1. The van der Waals surface area contributed by atoms with Crippen LogP contribution in [0.5, 0.6) is 5.75 Å². The van der Waals surface area contributed by atoms with Crippen LogP contribution in [-0.2, 0) is 11.4 Å². The zero-order chi connectivity index (χ0) is 18.7. The van der Waals surface area contributed by atoms with Gasteiger partial charge < -0.3 is 15.4 Å². The molecule has 6 heteroatoms. The monoisotopic (exact) mass is 430 g/mol. The van der Waals surface area contributed by atoms with Gasteiger partial charge >= 0.3 is 0 Å². The third-order valence-electron chi connectivity index (χ3n) is 4.19. The number of ether oxygens (including phenoxy) is 1. The molecule has 1 aliphatic rings. The van der Waals surface area contributed by atoms with Crippen LogP contribution in [0.25, 0.3) is 0 Å². The van der Waals surface area contributed by atoms with E-state index in [1.807, 2.05) is 55.5 Å². The number of rotatable bonds is 5. The molecule has 134 valence electrons. The molecule has 0 saturated heterocycles. The number of nitrogens with one attached hydrogen (secondary N) is 2. The summed E-state index contributed by atoms with van der Waals surface area (Å²) < 4.78 is 7.09. The number of Topliss-reactive ketones (excluding diaryl/α,β-unsaturated/α-hetero) is 1. The molecule has 0 bridgehead atoms. The summed E-state index contributed by atoms with van der Waals surface area (Å²) >= 11 is 8.72. The summed E-state index contributed by atoms with van der Waals surface area (Å²) in [5.74, 6) is 0.724. The second-order valence-electron chi connectivity index (χ2n) is 6.08. The van der Waals surface area contributed by atoms with E-state index in [1.54, 1.807) is 6.92 Å². The molecule has 0 saturated carbocycles. The predicted molar refractivity (Wildman–Crippen MR) is 110 cm³/mol. The molecule has 2 aromatic carbocycles. The molecule has 0 aromatic heterocycles. The number of ketones is 1. The lowest BCUT2D eigenvalue weighted by molar-refractivity contribution is -0.114. The van der Waals surface area contributed by atoms with E-state index in [4.69, 9.17) is 17.0 Å². The molecule has 4 nitrogen and oxygen atoms in total. The van der Waals surface area contributed by atoms with Crippen molar-refractivity contribution in [1.29, 1.82) is 0 Å². The maximum Gasteiger partial charge on any atom is 0.171 e. The minimum atomic E-state index is -0.331. The Morgan fingerprint density at radius 2 is 1.88 bits per heavy atom. The van der Waals surface area contributed by atoms with Crippen molar-refractivity contribution in [2.75, 3.05) is 0 Å². The van der Waals surface area contributed by atoms with Gasteiger partial charge in [0, 0.05) is 21.3 Å². The number of carbonyl (C=O) groups excluding carboxylic acids is 1. The smallest absolute Gasteiger partial charge is 0.171 e. The number of benzene rings is 2. The molecule has 0 amide bonds. The van der Waals surface area contributed by atoms with Gasteiger partial charge in [-0.3, -0.25) is 4.79 Å². The van der Waals surface area contributed by atoms with Crippen LogP contribution in [0.15, 0.2) is 64.3 Å². The van der Waals surface area contributed by atoms with Crippen molar-refractivity contribution in [3.05, 3.63) is 75.4 Å². The Morgan fingerprint density at radius 3 is 2.58 bits per heavy atom. The predicted octanol–water partition coefficient (Wildman–Crippen LogP) is 4.41. The van der Waals surface area contributed by atoms with Gasteiger partial charge in [0.2, 0.25) is 0 Å². The van der Waals surface area contributed by atoms with Gasteiger partial charge in [-0.15, -0.1) is 0 Å². The fourth-order valence-electron chi connectivity index (χ4n) is 2.99. The molecule has 1 unspecified atom stereocenters. The summed E-state index contributed by atoms with van der Waals surface area (Å²) in [5.41, 5.74) is 3.39. The zero-order valence-corrected chi connectivity index (χ0v) is 16.9. The average Bonchev–Trinajstić information content (AvgIpc) is 2.60. The van der Waals surface area contributed by atoms with Crippen LogP contribution in [0.4, 0.5) is 0 Å². The maximum absolute atomic E-state index is 12.2. The van der Waals surface area contributed by atoms with Gasteiger partial charge in [0.15, 0.2) is 10.9 Å². The van der Waals surface area contributed by atoms with E-state index in [-0.39, 0.29) is 11.8 Å². The Hall–Kier alpha value is -2.18. The van der Waals surface area contributed by atoms with E-state index >= 15 is 0 Å². The average molecular weight is 431 g/mol. The topological polar surface area (TPSA) is 50.4 Å². The molecule has 0 aliphatic carbocycles. The molecule has 1 heterocycles. The quantitative estimate of drug-likeness (QED) is 0.687. The van der Waals surface area contributed by atoms with Crippen LogP contribution in [0, 0.1) is 0 Å². The van der Waals surface area contributed by atoms with Crippen molar-refractivity contribution in [2.24, 2.45) is 0 Å². The summed E-state index contributed by atoms with van der Waals surface area (Å²) in [6.45, 7) is 3.87. The minimum absolute atomic E-state index is 0.00212. The summed E-state index contributed by atoms with van der Waals surface area (Å²) in [7, 11) is 0. The molecule has 2 N–H and O–H groups in total. The SMILES string of the molecule is CC(=O)C1=C(C)NC(=S)NC1c1ccccc1OCc1ccc(Br)cc1. The highest BCUT2D eigenvalue weighted by molar-refractivity contribution is 9.10. The van der Waals surface area contributed by atoms with E-state index in [1.165, 1.54) is 0 Å². The Labute approximate surface area is 166 Å². The molecule has 26 heavy (non-hydrogen) atoms. The van der Waals surface area contributed by atoms with Gasteiger partial charge in [-0.2, -0.15) is 0 Å². The fourth-order valence-corrected chi connectivity index (χ4v) is 3.52. The normalized spacial score (nSPS) is 16.7. The standard InChI is InChI=1S/C20H19BrN2O2S/c1-12-18(13(2)24)19(23-20(26)22-12)16-5-3-4-6-17(16)25-11-14-7-9-15(21)10-8-14/h3-10,19H,11H2,1-2H3,(H2,22,23,26). The van der Waals surface area contributed by atoms with Gasteiger partial charge in [0.1, 0.15) is 12.4 Å². The maximum atomic E-state index is 12.2. The van der Waals surface area contributed by atoms with Gasteiger partial charge in [0.25, 0.3) is 0 Å². The lowest BCUT2D eigenvalue weighted by Crippen LogP contribution is -2.44. The first-order chi connectivity index (χ1) is 12.5. The number of hydrogen-bond acceptors (Lipinski definition) is 3. The third-order valence-corrected chi connectivity index (χ3v) is 4.93. The van der Waals surface area contributed by atoms with E-state index in [0.717, 1.165) is 27.0 Å². The summed E-state index contributed by atoms with van der Waals surface area (Å²) in [6, 6.07) is 15.4. The van der Waals surface area contributed by atoms with Crippen molar-refractivity contribution < 1.29 is 9.53 Å². The molecular weight excluding hydrogens is 412 g/mol. The van der Waals surface area contributed by atoms with E-state index in [9.17, 15) is 4.79 Å². The highest BCUT2D eigenvalue weighted by Crippen LogP contribution is 2.33. The van der Waals surface area contributed by atoms with E-state index in [2.05, 4.69) is 26.6 Å². The molecular formula is C20H19BrN2O2S. The highest BCUT2D eigenvalue weighted by atomic mass is 79.9. The second kappa shape index (κ2) is 8.01. The van der Waals surface area contributed by atoms with E-state index < -0.39 is 0 Å². The summed E-state index contributed by atoms with van der Waals surface area (Å²) in [6.07, 6.45) is 0. The zero-order valence-electron chi connectivity index (χ0n) is 14.5. The number of halogens is 1. The Balaban J connectivity index is 1.90. The molecule has 0 fully saturated rings. The van der Waals surface area contributed by atoms with Crippen LogP contribution in [0.1, 0.15) is 31.0 Å². The Morgan fingerprint density at radius 1 is 1.19 bits per heavy atom. The largest absolute Gasteiger partial charge is 0.489 e. The molecule has 1 atom stereocenters. The third kappa shape index (κ3) is 4.14. The molecule has 2 aromatic rings. The fraction of sp³-hybridized carbons (Fsp3) is 0.200. The van der Waals surface area contributed by atoms with Gasteiger partial charge in [-0.05, 0) is 49.8 Å². The van der Waals surface area contributed by atoms with Crippen LogP contribution < -0.4 is 15.4 Å². The van der Waals surface area contributed by atoms with Crippen molar-refractivity contribution in [1.82, 2.24) is 10.6 Å². The highest BCUT2D eigenvalue weighted by Gasteiger charge is 2.29. The van der Waals surface area contributed by atoms with Crippen molar-refractivity contribution in [3.8, 4) is 5.75 Å². The lowest BCUT2D eigenvalue weighted by atomic mass is 9.92. The minimum Gasteiger partial charge on any atom is -0.489 e. The molecule has 3 rings (SSSR count). The first kappa shape index (κ1) is 18.6. The van der Waals surface area contributed by atoms with Crippen molar-refractivity contribution in [3.63, 3.8) is 0 Å².